The summed E-state index contributed by atoms with van der Waals surface area (Å²) in [4.78, 5) is 0. The predicted molar refractivity (Wildman–Crippen MR) is 61.8 cm³/mol. The summed E-state index contributed by atoms with van der Waals surface area (Å²) in [5, 5.41) is 0. The summed E-state index contributed by atoms with van der Waals surface area (Å²) in [6.45, 7) is 15.2. The molecule has 0 spiro atoms. The van der Waals surface area contributed by atoms with Gasteiger partial charge in [0, 0.05) is 0 Å². The second-order valence-electron chi connectivity index (χ2n) is 4.97. The van der Waals surface area contributed by atoms with E-state index in [2.05, 4.69) is 53.3 Å². The minimum Gasteiger partial charge on any atom is -0.103 e. The molecular weight excluding hydrogens is 156 g/mol. The van der Waals surface area contributed by atoms with Crippen molar-refractivity contribution in [2.24, 2.45) is 10.8 Å². The van der Waals surface area contributed by atoms with Crippen LogP contribution in [0.2, 0.25) is 0 Å². The van der Waals surface area contributed by atoms with Gasteiger partial charge in [-0.05, 0) is 23.7 Å². The van der Waals surface area contributed by atoms with Crippen molar-refractivity contribution in [1.82, 2.24) is 0 Å². The van der Waals surface area contributed by atoms with Gasteiger partial charge in [-0.25, -0.2) is 0 Å². The topological polar surface area (TPSA) is 0 Å². The molecule has 0 aromatic carbocycles. The first-order chi connectivity index (χ1) is 5.87. The van der Waals surface area contributed by atoms with E-state index in [0.717, 1.165) is 12.8 Å². The lowest BCUT2D eigenvalue weighted by atomic mass is 9.66. The van der Waals surface area contributed by atoms with E-state index in [1.807, 2.05) is 6.08 Å². The summed E-state index contributed by atoms with van der Waals surface area (Å²) >= 11 is 0. The number of hydrogen-bond acceptors (Lipinski definition) is 0. The summed E-state index contributed by atoms with van der Waals surface area (Å²) in [6, 6.07) is 0. The van der Waals surface area contributed by atoms with Crippen molar-refractivity contribution in [2.45, 2.75) is 47.5 Å². The SMILES string of the molecule is C=CCC(C)(/C=C/CC)C(C)(C)C. The monoisotopic (exact) mass is 180 g/mol. The van der Waals surface area contributed by atoms with Gasteiger partial charge in [-0.15, -0.1) is 6.58 Å². The number of allylic oxidation sites excluding steroid dienone is 3. The minimum atomic E-state index is 0.241. The molecule has 13 heavy (non-hydrogen) atoms. The molecule has 0 heterocycles. The van der Waals surface area contributed by atoms with E-state index in [-0.39, 0.29) is 5.41 Å². The zero-order valence-electron chi connectivity index (χ0n) is 9.85. The Labute approximate surface area is 83.7 Å². The first-order valence-electron chi connectivity index (χ1n) is 5.16. The molecule has 0 aromatic heterocycles. The Morgan fingerprint density at radius 1 is 1.15 bits per heavy atom. The highest BCUT2D eigenvalue weighted by atomic mass is 14.4. The maximum Gasteiger partial charge on any atom is -0.00637 e. The van der Waals surface area contributed by atoms with Crippen molar-refractivity contribution in [1.29, 1.82) is 0 Å². The molecule has 0 bridgehead atoms. The zero-order valence-corrected chi connectivity index (χ0v) is 9.85. The van der Waals surface area contributed by atoms with Crippen molar-refractivity contribution >= 4 is 0 Å². The highest BCUT2D eigenvalue weighted by molar-refractivity contribution is 5.05. The van der Waals surface area contributed by atoms with Crippen molar-refractivity contribution < 1.29 is 0 Å². The third-order valence-corrected chi connectivity index (χ3v) is 3.00. The van der Waals surface area contributed by atoms with Crippen molar-refractivity contribution in [3.63, 3.8) is 0 Å². The quantitative estimate of drug-likeness (QED) is 0.555. The molecule has 0 radical (unpaired) electrons. The summed E-state index contributed by atoms with van der Waals surface area (Å²) in [6.07, 6.45) is 8.78. The van der Waals surface area contributed by atoms with Gasteiger partial charge in [0.2, 0.25) is 0 Å². The molecule has 0 aromatic rings. The van der Waals surface area contributed by atoms with Crippen LogP contribution in [-0.2, 0) is 0 Å². The first kappa shape index (κ1) is 12.5. The molecule has 76 valence electrons. The standard InChI is InChI=1S/C13H24/c1-7-9-11-13(6,10-8-2)12(3,4)5/h8-9,11H,2,7,10H2,1,3-6H3/b11-9+. The summed E-state index contributed by atoms with van der Waals surface area (Å²) in [5.41, 5.74) is 0.539. The third kappa shape index (κ3) is 3.38. The molecule has 0 aliphatic rings. The van der Waals surface area contributed by atoms with Crippen LogP contribution in [0.3, 0.4) is 0 Å². The third-order valence-electron chi connectivity index (χ3n) is 3.00. The average molecular weight is 180 g/mol. The van der Waals surface area contributed by atoms with Gasteiger partial charge in [0.05, 0.1) is 0 Å². The van der Waals surface area contributed by atoms with Crippen LogP contribution in [-0.4, -0.2) is 0 Å². The van der Waals surface area contributed by atoms with E-state index in [1.165, 1.54) is 0 Å². The summed E-state index contributed by atoms with van der Waals surface area (Å²) in [7, 11) is 0. The van der Waals surface area contributed by atoms with E-state index in [4.69, 9.17) is 0 Å². The Balaban J connectivity index is 4.72. The largest absolute Gasteiger partial charge is 0.103 e. The maximum absolute atomic E-state index is 3.83. The highest BCUT2D eigenvalue weighted by Gasteiger charge is 2.33. The van der Waals surface area contributed by atoms with Crippen LogP contribution in [0.5, 0.6) is 0 Å². The van der Waals surface area contributed by atoms with E-state index >= 15 is 0 Å². The van der Waals surface area contributed by atoms with Crippen LogP contribution in [0.1, 0.15) is 47.5 Å². The summed E-state index contributed by atoms with van der Waals surface area (Å²) in [5.74, 6) is 0. The van der Waals surface area contributed by atoms with Gasteiger partial charge < -0.3 is 0 Å². The lowest BCUT2D eigenvalue weighted by molar-refractivity contribution is 0.171. The molecular formula is C13H24. The molecule has 0 aliphatic heterocycles. The maximum atomic E-state index is 3.83. The van der Waals surface area contributed by atoms with Crippen LogP contribution < -0.4 is 0 Å². The normalized spacial score (nSPS) is 17.3. The van der Waals surface area contributed by atoms with Crippen molar-refractivity contribution in [2.75, 3.05) is 0 Å². The fourth-order valence-electron chi connectivity index (χ4n) is 1.30. The summed E-state index contributed by atoms with van der Waals surface area (Å²) < 4.78 is 0. The minimum absolute atomic E-state index is 0.241. The van der Waals surface area contributed by atoms with Gasteiger partial charge in [0.1, 0.15) is 0 Å². The van der Waals surface area contributed by atoms with Crippen LogP contribution >= 0.6 is 0 Å². The molecule has 0 saturated carbocycles. The molecule has 0 rings (SSSR count). The molecule has 1 unspecified atom stereocenters. The Bertz CT molecular complexity index is 181. The average Bonchev–Trinajstić information content (AvgIpc) is 1.99. The molecule has 0 aliphatic carbocycles. The Kier molecular flexibility index (Phi) is 4.46. The van der Waals surface area contributed by atoms with Crippen LogP contribution in [0.4, 0.5) is 0 Å². The molecule has 0 N–H and O–H groups in total. The number of rotatable bonds is 4. The fourth-order valence-corrected chi connectivity index (χ4v) is 1.30. The number of hydrogen-bond donors (Lipinski definition) is 0. The Morgan fingerprint density at radius 3 is 2.00 bits per heavy atom. The lowest BCUT2D eigenvalue weighted by Crippen LogP contribution is -2.30. The van der Waals surface area contributed by atoms with E-state index < -0.39 is 0 Å². The Hall–Kier alpha value is -0.520. The second kappa shape index (κ2) is 4.64. The van der Waals surface area contributed by atoms with E-state index in [1.54, 1.807) is 0 Å². The van der Waals surface area contributed by atoms with E-state index in [9.17, 15) is 0 Å². The van der Waals surface area contributed by atoms with Gasteiger partial charge in [-0.3, -0.25) is 0 Å². The molecule has 0 amide bonds. The van der Waals surface area contributed by atoms with E-state index in [0.29, 0.717) is 5.41 Å². The van der Waals surface area contributed by atoms with Gasteiger partial charge in [0.15, 0.2) is 0 Å². The van der Waals surface area contributed by atoms with Gasteiger partial charge in [-0.1, -0.05) is 52.8 Å². The smallest absolute Gasteiger partial charge is 0.00637 e. The lowest BCUT2D eigenvalue weighted by Gasteiger charge is -2.39. The fraction of sp³-hybridized carbons (Fsp3) is 0.692. The molecule has 0 nitrogen and oxygen atoms in total. The van der Waals surface area contributed by atoms with Gasteiger partial charge in [-0.2, -0.15) is 0 Å². The molecule has 0 heteroatoms. The van der Waals surface area contributed by atoms with Crippen LogP contribution in [0, 0.1) is 10.8 Å². The Morgan fingerprint density at radius 2 is 1.69 bits per heavy atom. The molecule has 0 saturated heterocycles. The highest BCUT2D eigenvalue weighted by Crippen LogP contribution is 2.42. The first-order valence-corrected chi connectivity index (χ1v) is 5.16. The van der Waals surface area contributed by atoms with Gasteiger partial charge >= 0.3 is 0 Å². The molecule has 1 atom stereocenters. The zero-order chi connectivity index (χ0) is 10.5. The second-order valence-corrected chi connectivity index (χ2v) is 4.97. The van der Waals surface area contributed by atoms with Crippen molar-refractivity contribution in [3.8, 4) is 0 Å². The van der Waals surface area contributed by atoms with Crippen LogP contribution in [0.15, 0.2) is 24.8 Å². The molecule has 0 fully saturated rings. The van der Waals surface area contributed by atoms with Crippen LogP contribution in [0.25, 0.3) is 0 Å². The predicted octanol–water partition coefficient (Wildman–Crippen LogP) is 4.58. The van der Waals surface area contributed by atoms with Crippen molar-refractivity contribution in [3.05, 3.63) is 24.8 Å². The van der Waals surface area contributed by atoms with Gasteiger partial charge in [0.25, 0.3) is 0 Å².